The van der Waals surface area contributed by atoms with Crippen LogP contribution < -0.4 is 4.74 Å². The molecule has 27 heavy (non-hydrogen) atoms. The second-order valence-corrected chi connectivity index (χ2v) is 8.26. The highest BCUT2D eigenvalue weighted by Gasteiger charge is 2.16. The molecule has 4 nitrogen and oxygen atoms in total. The van der Waals surface area contributed by atoms with Gasteiger partial charge in [0.05, 0.1) is 10.9 Å². The van der Waals surface area contributed by atoms with E-state index in [0.717, 1.165) is 31.7 Å². The van der Waals surface area contributed by atoms with Crippen molar-refractivity contribution in [1.82, 2.24) is 9.88 Å². The largest absolute Gasteiger partial charge is 0.488 e. The van der Waals surface area contributed by atoms with Crippen LogP contribution in [0.2, 0.25) is 4.34 Å². The molecule has 1 aromatic carbocycles. The van der Waals surface area contributed by atoms with E-state index >= 15 is 0 Å². The SMILES string of the molecule is Cc1cc(C(=O)N(C)Cc2ccc(Cl)s2)cc(C)c1OCc1cccnc1. The summed E-state index contributed by atoms with van der Waals surface area (Å²) in [6, 6.07) is 11.4. The lowest BCUT2D eigenvalue weighted by Gasteiger charge is -2.19. The van der Waals surface area contributed by atoms with Gasteiger partial charge in [-0.15, -0.1) is 11.3 Å². The van der Waals surface area contributed by atoms with E-state index in [1.165, 1.54) is 11.3 Å². The van der Waals surface area contributed by atoms with E-state index in [2.05, 4.69) is 4.98 Å². The number of thiophene rings is 1. The molecule has 1 amide bonds. The summed E-state index contributed by atoms with van der Waals surface area (Å²) in [5, 5.41) is 0. The number of ether oxygens (including phenoxy) is 1. The average molecular weight is 401 g/mol. The van der Waals surface area contributed by atoms with Crippen LogP contribution in [0.3, 0.4) is 0 Å². The summed E-state index contributed by atoms with van der Waals surface area (Å²) < 4.78 is 6.70. The molecule has 140 valence electrons. The lowest BCUT2D eigenvalue weighted by atomic mass is 10.0. The highest BCUT2D eigenvalue weighted by Crippen LogP contribution is 2.27. The van der Waals surface area contributed by atoms with E-state index in [-0.39, 0.29) is 5.91 Å². The number of aryl methyl sites for hydroxylation is 2. The number of benzene rings is 1. The third-order valence-electron chi connectivity index (χ3n) is 4.18. The fourth-order valence-corrected chi connectivity index (χ4v) is 4.04. The maximum Gasteiger partial charge on any atom is 0.253 e. The number of halogens is 1. The van der Waals surface area contributed by atoms with E-state index in [4.69, 9.17) is 16.3 Å². The fourth-order valence-electron chi connectivity index (χ4n) is 2.90. The van der Waals surface area contributed by atoms with Crippen LogP contribution in [-0.2, 0) is 13.2 Å². The first-order valence-corrected chi connectivity index (χ1v) is 9.76. The molecule has 0 aliphatic carbocycles. The lowest BCUT2D eigenvalue weighted by Crippen LogP contribution is -2.26. The molecule has 6 heteroatoms. The fraction of sp³-hybridized carbons (Fsp3) is 0.238. The summed E-state index contributed by atoms with van der Waals surface area (Å²) in [7, 11) is 1.80. The topological polar surface area (TPSA) is 42.4 Å². The average Bonchev–Trinajstić information content (AvgIpc) is 3.05. The molecule has 0 saturated heterocycles. The summed E-state index contributed by atoms with van der Waals surface area (Å²) in [6.07, 6.45) is 3.52. The van der Waals surface area contributed by atoms with Crippen LogP contribution in [-0.4, -0.2) is 22.8 Å². The summed E-state index contributed by atoms with van der Waals surface area (Å²) >= 11 is 7.46. The number of carbonyl (C=O) groups excluding carboxylic acids is 1. The van der Waals surface area contributed by atoms with Crippen LogP contribution in [0.5, 0.6) is 5.75 Å². The summed E-state index contributed by atoms with van der Waals surface area (Å²) in [4.78, 5) is 19.7. The predicted molar refractivity (Wildman–Crippen MR) is 110 cm³/mol. The zero-order chi connectivity index (χ0) is 19.4. The number of pyridine rings is 1. The molecule has 0 aliphatic rings. The van der Waals surface area contributed by atoms with E-state index in [1.807, 2.05) is 50.2 Å². The molecule has 0 fully saturated rings. The van der Waals surface area contributed by atoms with Crippen molar-refractivity contribution in [2.75, 3.05) is 7.05 Å². The smallest absolute Gasteiger partial charge is 0.253 e. The van der Waals surface area contributed by atoms with Gasteiger partial charge in [-0.25, -0.2) is 0 Å². The van der Waals surface area contributed by atoms with E-state index < -0.39 is 0 Å². The van der Waals surface area contributed by atoms with Crippen LogP contribution >= 0.6 is 22.9 Å². The van der Waals surface area contributed by atoms with Gasteiger partial charge in [0.2, 0.25) is 0 Å². The van der Waals surface area contributed by atoms with Gasteiger partial charge in [-0.2, -0.15) is 0 Å². The number of hydrogen-bond acceptors (Lipinski definition) is 4. The van der Waals surface area contributed by atoms with E-state index in [1.54, 1.807) is 24.3 Å². The molecule has 0 spiro atoms. The Morgan fingerprint density at radius 2 is 1.96 bits per heavy atom. The van der Waals surface area contributed by atoms with Crippen LogP contribution in [0.4, 0.5) is 0 Å². The van der Waals surface area contributed by atoms with Crippen LogP contribution in [0.15, 0.2) is 48.8 Å². The van der Waals surface area contributed by atoms with Gasteiger partial charge in [-0.3, -0.25) is 9.78 Å². The zero-order valence-corrected chi connectivity index (χ0v) is 17.1. The van der Waals surface area contributed by atoms with Crippen molar-refractivity contribution in [3.8, 4) is 5.75 Å². The predicted octanol–water partition coefficient (Wildman–Crippen LogP) is 5.26. The highest BCUT2D eigenvalue weighted by molar-refractivity contribution is 7.16. The van der Waals surface area contributed by atoms with Crippen molar-refractivity contribution in [1.29, 1.82) is 0 Å². The number of hydrogen-bond donors (Lipinski definition) is 0. The minimum Gasteiger partial charge on any atom is -0.488 e. The summed E-state index contributed by atoms with van der Waals surface area (Å²) in [5.74, 6) is 0.785. The standard InChI is InChI=1S/C21H21ClN2O2S/c1-14-9-17(21(25)24(3)12-18-6-7-19(22)27-18)10-15(2)20(14)26-13-16-5-4-8-23-11-16/h4-11H,12-13H2,1-3H3. The molecule has 0 saturated carbocycles. The third-order valence-corrected chi connectivity index (χ3v) is 5.40. The van der Waals surface area contributed by atoms with Crippen molar-refractivity contribution in [2.24, 2.45) is 0 Å². The summed E-state index contributed by atoms with van der Waals surface area (Å²) in [5.41, 5.74) is 3.54. The Morgan fingerprint density at radius 1 is 1.22 bits per heavy atom. The van der Waals surface area contributed by atoms with E-state index in [0.29, 0.717) is 18.7 Å². The molecule has 3 aromatic rings. The highest BCUT2D eigenvalue weighted by atomic mass is 35.5. The molecule has 0 radical (unpaired) electrons. The normalized spacial score (nSPS) is 10.7. The molecule has 0 N–H and O–H groups in total. The van der Waals surface area contributed by atoms with Crippen molar-refractivity contribution >= 4 is 28.8 Å². The Hall–Kier alpha value is -2.37. The first-order chi connectivity index (χ1) is 12.9. The first kappa shape index (κ1) is 19.4. The third kappa shape index (κ3) is 4.87. The van der Waals surface area contributed by atoms with Gasteiger partial charge in [0.25, 0.3) is 5.91 Å². The first-order valence-electron chi connectivity index (χ1n) is 8.56. The molecule has 3 rings (SSSR count). The van der Waals surface area contributed by atoms with Crippen LogP contribution in [0.1, 0.15) is 31.9 Å². The molecular formula is C21H21ClN2O2S. The molecule has 0 unspecified atom stereocenters. The van der Waals surface area contributed by atoms with Gasteiger partial charge in [0.15, 0.2) is 0 Å². The van der Waals surface area contributed by atoms with Crippen molar-refractivity contribution < 1.29 is 9.53 Å². The van der Waals surface area contributed by atoms with E-state index in [9.17, 15) is 4.79 Å². The van der Waals surface area contributed by atoms with Gasteiger partial charge < -0.3 is 9.64 Å². The Kier molecular flexibility index (Phi) is 6.14. The molecule has 0 bridgehead atoms. The van der Waals surface area contributed by atoms with Gasteiger partial charge in [-0.05, 0) is 55.3 Å². The minimum atomic E-state index is -0.0236. The number of aromatic nitrogens is 1. The molecule has 0 atom stereocenters. The number of nitrogens with zero attached hydrogens (tertiary/aromatic N) is 2. The van der Waals surface area contributed by atoms with Gasteiger partial charge in [-0.1, -0.05) is 17.7 Å². The Morgan fingerprint density at radius 3 is 2.56 bits per heavy atom. The van der Waals surface area contributed by atoms with Crippen LogP contribution in [0.25, 0.3) is 0 Å². The molecule has 2 heterocycles. The van der Waals surface area contributed by atoms with Crippen molar-refractivity contribution in [3.05, 3.63) is 80.3 Å². The van der Waals surface area contributed by atoms with Crippen molar-refractivity contribution in [2.45, 2.75) is 27.0 Å². The second kappa shape index (κ2) is 8.55. The van der Waals surface area contributed by atoms with Crippen molar-refractivity contribution in [3.63, 3.8) is 0 Å². The molecular weight excluding hydrogens is 380 g/mol. The van der Waals surface area contributed by atoms with Gasteiger partial charge in [0.1, 0.15) is 12.4 Å². The Bertz CT molecular complexity index is 917. The number of carbonyl (C=O) groups is 1. The molecule has 2 aromatic heterocycles. The quantitative estimate of drug-likeness (QED) is 0.566. The zero-order valence-electron chi connectivity index (χ0n) is 15.5. The van der Waals surface area contributed by atoms with Crippen LogP contribution in [0, 0.1) is 13.8 Å². The second-order valence-electron chi connectivity index (χ2n) is 6.46. The molecule has 0 aliphatic heterocycles. The Balaban J connectivity index is 1.72. The monoisotopic (exact) mass is 400 g/mol. The maximum atomic E-state index is 12.8. The summed E-state index contributed by atoms with van der Waals surface area (Å²) in [6.45, 7) is 4.90. The minimum absolute atomic E-state index is 0.0236. The number of amides is 1. The van der Waals surface area contributed by atoms with Gasteiger partial charge >= 0.3 is 0 Å². The lowest BCUT2D eigenvalue weighted by molar-refractivity contribution is 0.0786. The number of rotatable bonds is 6. The van der Waals surface area contributed by atoms with Gasteiger partial charge in [0, 0.05) is 35.4 Å². The maximum absolute atomic E-state index is 12.8. The Labute approximate surface area is 168 Å².